The van der Waals surface area contributed by atoms with Crippen LogP contribution in [0, 0.1) is 0 Å². The fourth-order valence-electron chi connectivity index (χ4n) is 5.59. The maximum atomic E-state index is 13.5. The first-order valence-corrected chi connectivity index (χ1v) is 13.8. The van der Waals surface area contributed by atoms with Crippen molar-refractivity contribution in [3.05, 3.63) is 90.0 Å². The summed E-state index contributed by atoms with van der Waals surface area (Å²) in [6.45, 7) is 1.99. The zero-order valence-corrected chi connectivity index (χ0v) is 22.7. The molecule has 0 saturated carbocycles. The first-order valence-electron chi connectivity index (χ1n) is 13.3. The number of rotatable bonds is 6. The van der Waals surface area contributed by atoms with E-state index in [1.54, 1.807) is 0 Å². The molecule has 1 unspecified atom stereocenters. The molecule has 6 rings (SSSR count). The lowest BCUT2D eigenvalue weighted by molar-refractivity contribution is 0.0709. The number of nitrogens with zero attached hydrogens (tertiary/aromatic N) is 5. The third kappa shape index (κ3) is 4.90. The number of aryl methyl sites for hydroxylation is 1. The molecule has 2 N–H and O–H groups in total. The Balaban J connectivity index is 1.35. The van der Waals surface area contributed by atoms with E-state index < -0.39 is 0 Å². The smallest absolute Gasteiger partial charge is 0.254 e. The number of fused-ring (bicyclic) bond motifs is 2. The first-order chi connectivity index (χ1) is 19.0. The number of aliphatic imine (C=N–C) groups is 1. The van der Waals surface area contributed by atoms with Crippen LogP contribution in [-0.4, -0.2) is 55.8 Å². The lowest BCUT2D eigenvalue weighted by atomic mass is 10.0. The number of carbonyl (C=O) groups excluding carboxylic acids is 1. The second-order valence-electron chi connectivity index (χ2n) is 10.2. The van der Waals surface area contributed by atoms with Gasteiger partial charge in [-0.05, 0) is 48.7 Å². The highest BCUT2D eigenvalue weighted by molar-refractivity contribution is 6.28. The summed E-state index contributed by atoms with van der Waals surface area (Å²) in [5.74, 6) is 1.48. The molecule has 1 aliphatic heterocycles. The van der Waals surface area contributed by atoms with Gasteiger partial charge in [-0.3, -0.25) is 9.79 Å². The number of halogens is 1. The molecule has 39 heavy (non-hydrogen) atoms. The molecule has 1 saturated heterocycles. The monoisotopic (exact) mass is 538 g/mol. The van der Waals surface area contributed by atoms with Gasteiger partial charge in [-0.2, -0.15) is 0 Å². The van der Waals surface area contributed by atoms with E-state index >= 15 is 0 Å². The number of para-hydroxylation sites is 1. The molecule has 198 valence electrons. The number of imidazole rings is 1. The fourth-order valence-corrected chi connectivity index (χ4v) is 5.66. The van der Waals surface area contributed by atoms with E-state index in [1.807, 2.05) is 36.2 Å². The maximum Gasteiger partial charge on any atom is 0.254 e. The van der Waals surface area contributed by atoms with Crippen molar-refractivity contribution in [2.75, 3.05) is 19.0 Å². The number of alkyl halides is 1. The molecule has 5 aromatic rings. The molecule has 3 aromatic carbocycles. The average Bonchev–Trinajstić information content (AvgIpc) is 3.50. The standard InChI is InChI=1S/C31H31ClN6O/c1-36-27-14-13-23(31(39)37-15-7-11-24(20-37)34-29(33)18-32)16-25(27)35-30(36)28-17-22-10-5-6-12-26(22)38(28)19-21-8-3-2-4-9-21/h2-6,8-10,12-14,16-17,24H,7,11,15,18-20H2,1H3,(H2,33,34). The second kappa shape index (κ2) is 10.6. The number of aromatic nitrogens is 3. The number of benzene rings is 3. The number of amidine groups is 1. The van der Waals surface area contributed by atoms with E-state index in [4.69, 9.17) is 22.3 Å². The van der Waals surface area contributed by atoms with Gasteiger partial charge < -0.3 is 19.8 Å². The Morgan fingerprint density at radius 3 is 2.67 bits per heavy atom. The van der Waals surface area contributed by atoms with Crippen LogP contribution in [0.2, 0.25) is 0 Å². The van der Waals surface area contributed by atoms with Gasteiger partial charge in [0.15, 0.2) is 5.82 Å². The molecule has 1 atom stereocenters. The van der Waals surface area contributed by atoms with Crippen molar-refractivity contribution >= 4 is 45.3 Å². The topological polar surface area (TPSA) is 81.4 Å². The molecule has 1 amide bonds. The molecule has 1 aliphatic rings. The van der Waals surface area contributed by atoms with Gasteiger partial charge >= 0.3 is 0 Å². The minimum atomic E-state index is -0.0156. The van der Waals surface area contributed by atoms with Crippen LogP contribution in [0.25, 0.3) is 33.5 Å². The lowest BCUT2D eigenvalue weighted by Gasteiger charge is -2.31. The third-order valence-electron chi connectivity index (χ3n) is 7.52. The predicted molar refractivity (Wildman–Crippen MR) is 158 cm³/mol. The van der Waals surface area contributed by atoms with Gasteiger partial charge in [0.05, 0.1) is 28.6 Å². The van der Waals surface area contributed by atoms with Crippen molar-refractivity contribution in [1.29, 1.82) is 0 Å². The Morgan fingerprint density at radius 1 is 1.05 bits per heavy atom. The van der Waals surface area contributed by atoms with Crippen LogP contribution in [0.4, 0.5) is 0 Å². The summed E-state index contributed by atoms with van der Waals surface area (Å²) in [7, 11) is 2.03. The van der Waals surface area contributed by atoms with Crippen LogP contribution in [0.5, 0.6) is 0 Å². The Bertz CT molecular complexity index is 1690. The summed E-state index contributed by atoms with van der Waals surface area (Å²) in [5, 5.41) is 1.17. The summed E-state index contributed by atoms with van der Waals surface area (Å²) < 4.78 is 4.43. The highest BCUT2D eigenvalue weighted by Gasteiger charge is 2.25. The van der Waals surface area contributed by atoms with Gasteiger partial charge in [-0.15, -0.1) is 11.6 Å². The second-order valence-corrected chi connectivity index (χ2v) is 10.4. The highest BCUT2D eigenvalue weighted by atomic mass is 35.5. The van der Waals surface area contributed by atoms with Gasteiger partial charge in [0.2, 0.25) is 0 Å². The molecule has 1 fully saturated rings. The van der Waals surface area contributed by atoms with Crippen molar-refractivity contribution in [3.8, 4) is 11.5 Å². The van der Waals surface area contributed by atoms with E-state index in [0.717, 1.165) is 47.5 Å². The Kier molecular flexibility index (Phi) is 6.83. The maximum absolute atomic E-state index is 13.5. The summed E-state index contributed by atoms with van der Waals surface area (Å²) in [6, 6.07) is 26.9. The molecule has 0 radical (unpaired) electrons. The third-order valence-corrected chi connectivity index (χ3v) is 7.79. The number of likely N-dealkylation sites (tertiary alicyclic amines) is 1. The summed E-state index contributed by atoms with van der Waals surface area (Å²) in [5.41, 5.74) is 11.7. The molecule has 8 heteroatoms. The van der Waals surface area contributed by atoms with Crippen molar-refractivity contribution in [2.24, 2.45) is 17.8 Å². The Labute approximate surface area is 232 Å². The van der Waals surface area contributed by atoms with E-state index in [2.05, 4.69) is 68.7 Å². The van der Waals surface area contributed by atoms with Gasteiger partial charge in [0.25, 0.3) is 5.91 Å². The largest absolute Gasteiger partial charge is 0.386 e. The Morgan fingerprint density at radius 2 is 1.85 bits per heavy atom. The van der Waals surface area contributed by atoms with Crippen molar-refractivity contribution in [1.82, 2.24) is 19.0 Å². The summed E-state index contributed by atoms with van der Waals surface area (Å²) >= 11 is 5.81. The van der Waals surface area contributed by atoms with E-state index in [9.17, 15) is 4.79 Å². The average molecular weight is 539 g/mol. The number of amides is 1. The van der Waals surface area contributed by atoms with E-state index in [0.29, 0.717) is 24.5 Å². The highest BCUT2D eigenvalue weighted by Crippen LogP contribution is 2.31. The first kappa shape index (κ1) is 25.2. The minimum absolute atomic E-state index is 0.00774. The van der Waals surface area contributed by atoms with Gasteiger partial charge in [-0.25, -0.2) is 4.98 Å². The van der Waals surface area contributed by atoms with E-state index in [-0.39, 0.29) is 17.8 Å². The number of nitrogens with two attached hydrogens (primary N) is 1. The van der Waals surface area contributed by atoms with Crippen LogP contribution >= 0.6 is 11.6 Å². The SMILES string of the molecule is Cn1c(-c2cc3ccccc3n2Cc2ccccc2)nc2cc(C(=O)N3CCCC(N=C(N)CCl)C3)ccc21. The van der Waals surface area contributed by atoms with Crippen LogP contribution in [0.3, 0.4) is 0 Å². The summed E-state index contributed by atoms with van der Waals surface area (Å²) in [6.07, 6.45) is 1.79. The van der Waals surface area contributed by atoms with E-state index in [1.165, 1.54) is 10.9 Å². The van der Waals surface area contributed by atoms with Gasteiger partial charge in [0.1, 0.15) is 5.84 Å². The van der Waals surface area contributed by atoms with Crippen molar-refractivity contribution in [3.63, 3.8) is 0 Å². The van der Waals surface area contributed by atoms with Crippen LogP contribution < -0.4 is 5.73 Å². The molecule has 0 spiro atoms. The number of hydrogen-bond acceptors (Lipinski definition) is 3. The predicted octanol–water partition coefficient (Wildman–Crippen LogP) is 5.44. The van der Waals surface area contributed by atoms with Crippen LogP contribution in [0.1, 0.15) is 28.8 Å². The number of piperidine rings is 1. The zero-order chi connectivity index (χ0) is 26.9. The zero-order valence-electron chi connectivity index (χ0n) is 21.9. The van der Waals surface area contributed by atoms with Crippen LogP contribution in [-0.2, 0) is 13.6 Å². The lowest BCUT2D eigenvalue weighted by Crippen LogP contribution is -2.42. The molecule has 3 heterocycles. The molecular formula is C31H31ClN6O. The molecular weight excluding hydrogens is 508 g/mol. The number of carbonyl (C=O) groups is 1. The molecule has 7 nitrogen and oxygen atoms in total. The fraction of sp³-hybridized carbons (Fsp3) is 0.258. The molecule has 0 aliphatic carbocycles. The van der Waals surface area contributed by atoms with Gasteiger partial charge in [0, 0.05) is 43.1 Å². The van der Waals surface area contributed by atoms with Gasteiger partial charge in [-0.1, -0.05) is 48.5 Å². The van der Waals surface area contributed by atoms with Crippen molar-refractivity contribution < 1.29 is 4.79 Å². The van der Waals surface area contributed by atoms with Crippen molar-refractivity contribution in [2.45, 2.75) is 25.4 Å². The minimum Gasteiger partial charge on any atom is -0.386 e. The quantitative estimate of drug-likeness (QED) is 0.177. The summed E-state index contributed by atoms with van der Waals surface area (Å²) in [4.78, 5) is 24.9. The molecule has 0 bridgehead atoms. The number of hydrogen-bond donors (Lipinski definition) is 1. The Hall–Kier alpha value is -4.10. The normalized spacial score (nSPS) is 16.3. The van der Waals surface area contributed by atoms with Crippen LogP contribution in [0.15, 0.2) is 83.9 Å². The molecule has 2 aromatic heterocycles.